The van der Waals surface area contributed by atoms with Crippen LogP contribution < -0.4 is 5.49 Å². The highest BCUT2D eigenvalue weighted by atomic mass is 15.2. The van der Waals surface area contributed by atoms with Gasteiger partial charge in [0.1, 0.15) is 0 Å². The minimum atomic E-state index is 0.828. The Morgan fingerprint density at radius 3 is 2.50 bits per heavy atom. The molecule has 3 heteroatoms. The smallest absolute Gasteiger partial charge is 0.154 e. The third kappa shape index (κ3) is 2.67. The molecule has 0 amide bonds. The number of nitrogens with zero attached hydrogens (tertiary/aromatic N) is 3. The molecule has 0 N–H and O–H groups in total. The van der Waals surface area contributed by atoms with Crippen LogP contribution >= 0.6 is 0 Å². The first-order chi connectivity index (χ1) is 7.86. The molecule has 16 heavy (non-hydrogen) atoms. The largest absolute Gasteiger partial charge is 0.335 e. The molecule has 0 saturated heterocycles. The van der Waals surface area contributed by atoms with E-state index in [1.165, 1.54) is 0 Å². The molecule has 0 bridgehead atoms. The summed E-state index contributed by atoms with van der Waals surface area (Å²) in [7, 11) is 1.94. The summed E-state index contributed by atoms with van der Waals surface area (Å²) in [6.45, 7) is 0. The van der Waals surface area contributed by atoms with E-state index in [1.807, 2.05) is 66.3 Å². The number of rotatable bonds is 2. The highest BCUT2D eigenvalue weighted by molar-refractivity contribution is 5.79. The summed E-state index contributed by atoms with van der Waals surface area (Å²) in [5.74, 6) is 0. The molecule has 1 aromatic heterocycles. The summed E-state index contributed by atoms with van der Waals surface area (Å²) in [6, 6.07) is 15.7. The van der Waals surface area contributed by atoms with E-state index in [2.05, 4.69) is 10.2 Å². The topological polar surface area (TPSA) is 29.6 Å². The van der Waals surface area contributed by atoms with Crippen molar-refractivity contribution in [1.29, 1.82) is 0 Å². The maximum Gasteiger partial charge on any atom is 0.154 e. The molecule has 1 heterocycles. The normalized spacial score (nSPS) is 12.2. The SMILES string of the molecule is Cn1ccccc1=NN=Cc1ccccc1. The van der Waals surface area contributed by atoms with Crippen molar-refractivity contribution < 1.29 is 0 Å². The van der Waals surface area contributed by atoms with Crippen molar-refractivity contribution in [2.45, 2.75) is 0 Å². The molecule has 0 aliphatic rings. The second-order valence-electron chi connectivity index (χ2n) is 3.42. The van der Waals surface area contributed by atoms with Gasteiger partial charge in [-0.25, -0.2) is 0 Å². The molecule has 0 atom stereocenters. The first-order valence-electron chi connectivity index (χ1n) is 5.10. The lowest BCUT2D eigenvalue weighted by Gasteiger charge is -1.95. The van der Waals surface area contributed by atoms with Crippen molar-refractivity contribution in [3.8, 4) is 0 Å². The lowest BCUT2D eigenvalue weighted by Crippen LogP contribution is -2.14. The van der Waals surface area contributed by atoms with Crippen molar-refractivity contribution in [2.75, 3.05) is 0 Å². The van der Waals surface area contributed by atoms with E-state index in [0.717, 1.165) is 11.1 Å². The van der Waals surface area contributed by atoms with Gasteiger partial charge in [-0.05, 0) is 17.7 Å². The lowest BCUT2D eigenvalue weighted by atomic mass is 10.2. The zero-order valence-electron chi connectivity index (χ0n) is 9.12. The van der Waals surface area contributed by atoms with Crippen molar-refractivity contribution in [3.05, 3.63) is 65.8 Å². The molecule has 2 aromatic rings. The average molecular weight is 211 g/mol. The van der Waals surface area contributed by atoms with Crippen molar-refractivity contribution in [2.24, 2.45) is 17.3 Å². The zero-order valence-corrected chi connectivity index (χ0v) is 9.12. The van der Waals surface area contributed by atoms with Gasteiger partial charge in [0, 0.05) is 13.2 Å². The van der Waals surface area contributed by atoms with E-state index in [1.54, 1.807) is 6.21 Å². The summed E-state index contributed by atoms with van der Waals surface area (Å²) in [4.78, 5) is 0. The number of aryl methyl sites for hydroxylation is 1. The van der Waals surface area contributed by atoms with Gasteiger partial charge in [-0.1, -0.05) is 36.4 Å². The molecular formula is C13H13N3. The minimum Gasteiger partial charge on any atom is -0.335 e. The summed E-state index contributed by atoms with van der Waals surface area (Å²) in [6.07, 6.45) is 3.68. The van der Waals surface area contributed by atoms with Gasteiger partial charge in [-0.3, -0.25) is 0 Å². The molecule has 0 radical (unpaired) electrons. The molecule has 1 aromatic carbocycles. The first kappa shape index (κ1) is 10.4. The predicted molar refractivity (Wildman–Crippen MR) is 65.0 cm³/mol. The molecule has 0 aliphatic heterocycles. The number of aromatic nitrogens is 1. The van der Waals surface area contributed by atoms with Crippen molar-refractivity contribution in [1.82, 2.24) is 4.57 Å². The van der Waals surface area contributed by atoms with Crippen LogP contribution in [0.3, 0.4) is 0 Å². The van der Waals surface area contributed by atoms with Crippen LogP contribution in [-0.2, 0) is 7.05 Å². The second-order valence-corrected chi connectivity index (χ2v) is 3.42. The molecule has 0 spiro atoms. The van der Waals surface area contributed by atoms with E-state index in [4.69, 9.17) is 0 Å². The fraction of sp³-hybridized carbons (Fsp3) is 0.0769. The Bertz CT molecular complexity index is 538. The van der Waals surface area contributed by atoms with Gasteiger partial charge in [0.2, 0.25) is 0 Å². The average Bonchev–Trinajstić information content (AvgIpc) is 2.33. The van der Waals surface area contributed by atoms with Crippen molar-refractivity contribution >= 4 is 6.21 Å². The number of hydrogen-bond donors (Lipinski definition) is 0. The Kier molecular flexibility index (Phi) is 3.28. The molecule has 0 aliphatic carbocycles. The summed E-state index contributed by atoms with van der Waals surface area (Å²) in [5, 5.41) is 8.19. The Labute approximate surface area is 94.4 Å². The molecular weight excluding hydrogens is 198 g/mol. The van der Waals surface area contributed by atoms with E-state index in [0.29, 0.717) is 0 Å². The fourth-order valence-corrected chi connectivity index (χ4v) is 1.31. The van der Waals surface area contributed by atoms with Gasteiger partial charge < -0.3 is 4.57 Å². The standard InChI is InChI=1S/C13H13N3/c1-16-10-6-5-9-13(16)15-14-11-12-7-3-2-4-8-12/h2-11H,1H3. The van der Waals surface area contributed by atoms with Gasteiger partial charge in [0.05, 0.1) is 6.21 Å². The summed E-state index contributed by atoms with van der Waals surface area (Å²) >= 11 is 0. The molecule has 80 valence electrons. The summed E-state index contributed by atoms with van der Waals surface area (Å²) < 4.78 is 1.92. The monoisotopic (exact) mass is 211 g/mol. The van der Waals surface area contributed by atoms with Crippen LogP contribution in [-0.4, -0.2) is 10.8 Å². The zero-order chi connectivity index (χ0) is 11.2. The Morgan fingerprint density at radius 2 is 1.75 bits per heavy atom. The van der Waals surface area contributed by atoms with Gasteiger partial charge in [0.15, 0.2) is 5.49 Å². The van der Waals surface area contributed by atoms with Gasteiger partial charge in [0.25, 0.3) is 0 Å². The third-order valence-corrected chi connectivity index (χ3v) is 2.19. The van der Waals surface area contributed by atoms with E-state index < -0.39 is 0 Å². The van der Waals surface area contributed by atoms with E-state index in [-0.39, 0.29) is 0 Å². The van der Waals surface area contributed by atoms with Gasteiger partial charge >= 0.3 is 0 Å². The Morgan fingerprint density at radius 1 is 1.00 bits per heavy atom. The van der Waals surface area contributed by atoms with Crippen LogP contribution in [0.1, 0.15) is 5.56 Å². The van der Waals surface area contributed by atoms with E-state index >= 15 is 0 Å². The van der Waals surface area contributed by atoms with Crippen molar-refractivity contribution in [3.63, 3.8) is 0 Å². The number of benzene rings is 1. The quantitative estimate of drug-likeness (QED) is 0.537. The number of hydrogen-bond acceptors (Lipinski definition) is 2. The molecule has 0 fully saturated rings. The number of pyridine rings is 1. The lowest BCUT2D eigenvalue weighted by molar-refractivity contribution is 0.816. The van der Waals surface area contributed by atoms with Gasteiger partial charge in [-0.2, -0.15) is 5.10 Å². The second kappa shape index (κ2) is 5.07. The molecule has 2 rings (SSSR count). The fourth-order valence-electron chi connectivity index (χ4n) is 1.31. The molecule has 0 saturated carbocycles. The van der Waals surface area contributed by atoms with Crippen LogP contribution in [0.15, 0.2) is 64.9 Å². The maximum absolute atomic E-state index is 4.13. The highest BCUT2D eigenvalue weighted by Gasteiger charge is 1.84. The van der Waals surface area contributed by atoms with Gasteiger partial charge in [-0.15, -0.1) is 5.10 Å². The third-order valence-electron chi connectivity index (χ3n) is 2.19. The molecule has 0 unspecified atom stereocenters. The minimum absolute atomic E-state index is 0.828. The Balaban J connectivity index is 2.22. The first-order valence-corrected chi connectivity index (χ1v) is 5.10. The van der Waals surface area contributed by atoms with Crippen LogP contribution in [0, 0.1) is 0 Å². The van der Waals surface area contributed by atoms with Crippen LogP contribution in [0.25, 0.3) is 0 Å². The van der Waals surface area contributed by atoms with E-state index in [9.17, 15) is 0 Å². The predicted octanol–water partition coefficient (Wildman–Crippen LogP) is 1.96. The molecule has 3 nitrogen and oxygen atoms in total. The summed E-state index contributed by atoms with van der Waals surface area (Å²) in [5.41, 5.74) is 1.87. The van der Waals surface area contributed by atoms with Crippen LogP contribution in [0.4, 0.5) is 0 Å². The highest BCUT2D eigenvalue weighted by Crippen LogP contribution is 1.93. The van der Waals surface area contributed by atoms with Crippen LogP contribution in [0.2, 0.25) is 0 Å². The maximum atomic E-state index is 4.13. The van der Waals surface area contributed by atoms with Crippen LogP contribution in [0.5, 0.6) is 0 Å². The Hall–Kier alpha value is -2.16.